The van der Waals surface area contributed by atoms with Gasteiger partial charge in [-0.05, 0) is 55.9 Å². The Kier molecular flexibility index (Phi) is 6.65. The summed E-state index contributed by atoms with van der Waals surface area (Å²) in [4.78, 5) is 14.2. The van der Waals surface area contributed by atoms with E-state index in [2.05, 4.69) is 0 Å². The smallest absolute Gasteiger partial charge is 0.453 e. The van der Waals surface area contributed by atoms with E-state index in [-0.39, 0.29) is 28.8 Å². The van der Waals surface area contributed by atoms with Gasteiger partial charge in [0.1, 0.15) is 17.9 Å². The Bertz CT molecular complexity index is 1180. The van der Waals surface area contributed by atoms with Gasteiger partial charge in [-0.1, -0.05) is 30.9 Å². The molecule has 8 heteroatoms. The van der Waals surface area contributed by atoms with Gasteiger partial charge in [-0.2, -0.15) is 13.2 Å². The molecule has 0 saturated carbocycles. The van der Waals surface area contributed by atoms with Gasteiger partial charge in [0, 0.05) is 5.56 Å². The van der Waals surface area contributed by atoms with Gasteiger partial charge in [0.25, 0.3) is 5.76 Å². The third-order valence-electron chi connectivity index (χ3n) is 6.13. The highest BCUT2D eigenvalue weighted by atomic mass is 19.4. The zero-order valence-corrected chi connectivity index (χ0v) is 18.4. The summed E-state index contributed by atoms with van der Waals surface area (Å²) in [7, 11) is 0. The minimum atomic E-state index is -4.97. The fraction of sp³-hybridized carbons (Fsp3) is 0.400. The Morgan fingerprint density at radius 3 is 2.30 bits per heavy atom. The van der Waals surface area contributed by atoms with Crippen LogP contribution in [0, 0.1) is 0 Å². The van der Waals surface area contributed by atoms with E-state index >= 15 is 0 Å². The first-order valence-corrected chi connectivity index (χ1v) is 11.2. The van der Waals surface area contributed by atoms with Crippen molar-refractivity contribution in [3.8, 4) is 17.2 Å². The monoisotopic (exact) mass is 461 g/mol. The molecule has 0 bridgehead atoms. The molecule has 1 fully saturated rings. The largest absolute Gasteiger partial charge is 0.872 e. The van der Waals surface area contributed by atoms with Crippen molar-refractivity contribution in [3.63, 3.8) is 0 Å². The first kappa shape index (κ1) is 23.2. The Morgan fingerprint density at radius 1 is 1.03 bits per heavy atom. The number of hydrogen-bond acceptors (Lipinski definition) is 4. The van der Waals surface area contributed by atoms with Crippen LogP contribution < -0.4 is 20.2 Å². The van der Waals surface area contributed by atoms with E-state index in [9.17, 15) is 23.1 Å². The lowest BCUT2D eigenvalue weighted by molar-refractivity contribution is -0.913. The number of nitrogens with one attached hydrogen (secondary N) is 1. The zero-order chi connectivity index (χ0) is 23.6. The van der Waals surface area contributed by atoms with Crippen LogP contribution in [0.3, 0.4) is 0 Å². The standard InChI is InChI=1S/C25H26F3NO4/c1-2-16-7-9-17(10-8-16)32-23-21(31)18-11-12-20(30)19(15-29-13-5-3-4-6-14-29)22(18)33-24(23)25(26,27)28/h7-12,30H,2-6,13-15H2,1H3. The highest BCUT2D eigenvalue weighted by molar-refractivity contribution is 5.83. The Morgan fingerprint density at radius 2 is 1.70 bits per heavy atom. The summed E-state index contributed by atoms with van der Waals surface area (Å²) in [5.41, 5.74) is -0.168. The molecule has 0 atom stereocenters. The van der Waals surface area contributed by atoms with Gasteiger partial charge in [-0.3, -0.25) is 4.79 Å². The zero-order valence-electron chi connectivity index (χ0n) is 18.4. The number of alkyl halides is 3. The molecule has 1 aromatic heterocycles. The molecule has 0 unspecified atom stereocenters. The van der Waals surface area contributed by atoms with Gasteiger partial charge >= 0.3 is 6.18 Å². The van der Waals surface area contributed by atoms with Gasteiger partial charge in [-0.15, -0.1) is 0 Å². The topological polar surface area (TPSA) is 66.9 Å². The Labute approximate surface area is 189 Å². The van der Waals surface area contributed by atoms with E-state index in [1.807, 2.05) is 6.92 Å². The molecule has 5 nitrogen and oxygen atoms in total. The molecular weight excluding hydrogens is 435 g/mol. The minimum absolute atomic E-state index is 0.0907. The number of likely N-dealkylation sites (tertiary alicyclic amines) is 1. The predicted molar refractivity (Wildman–Crippen MR) is 116 cm³/mol. The van der Waals surface area contributed by atoms with Crippen LogP contribution in [0.15, 0.2) is 45.6 Å². The van der Waals surface area contributed by atoms with E-state index in [0.29, 0.717) is 0 Å². The summed E-state index contributed by atoms with van der Waals surface area (Å²) in [6, 6.07) is 8.90. The summed E-state index contributed by atoms with van der Waals surface area (Å²) >= 11 is 0. The highest BCUT2D eigenvalue weighted by Crippen LogP contribution is 2.39. The Balaban J connectivity index is 1.83. The molecule has 0 amide bonds. The number of fused-ring (bicyclic) bond motifs is 1. The summed E-state index contributed by atoms with van der Waals surface area (Å²) in [5, 5.41) is 12.5. The highest BCUT2D eigenvalue weighted by Gasteiger charge is 2.41. The fourth-order valence-corrected chi connectivity index (χ4v) is 4.29. The summed E-state index contributed by atoms with van der Waals surface area (Å²) in [5.74, 6) is -2.79. The van der Waals surface area contributed by atoms with Crippen molar-refractivity contribution < 1.29 is 32.3 Å². The molecule has 2 heterocycles. The number of aryl methyl sites for hydroxylation is 1. The lowest BCUT2D eigenvalue weighted by Gasteiger charge is -2.22. The number of benzene rings is 2. The van der Waals surface area contributed by atoms with E-state index in [1.165, 1.54) is 24.3 Å². The maximum Gasteiger partial charge on any atom is 0.453 e. The summed E-state index contributed by atoms with van der Waals surface area (Å²) in [6.45, 7) is 3.81. The van der Waals surface area contributed by atoms with Crippen molar-refractivity contribution >= 4 is 11.0 Å². The van der Waals surface area contributed by atoms with Crippen molar-refractivity contribution in [2.75, 3.05) is 13.1 Å². The van der Waals surface area contributed by atoms with Crippen molar-refractivity contribution in [2.24, 2.45) is 0 Å². The molecule has 1 aliphatic heterocycles. The molecule has 0 spiro atoms. The van der Waals surface area contributed by atoms with Crippen LogP contribution >= 0.6 is 0 Å². The maximum absolute atomic E-state index is 13.9. The minimum Gasteiger partial charge on any atom is -0.872 e. The molecule has 176 valence electrons. The van der Waals surface area contributed by atoms with Gasteiger partial charge in [-0.25, -0.2) is 0 Å². The molecule has 33 heavy (non-hydrogen) atoms. The number of rotatable bonds is 5. The molecule has 4 rings (SSSR count). The number of ether oxygens (including phenoxy) is 1. The second kappa shape index (κ2) is 9.47. The average Bonchev–Trinajstić information content (AvgIpc) is 3.06. The SMILES string of the molecule is CCc1ccc(Oc2c(C(F)(F)F)oc3c(C[NH+]4CCCCCC4)c([O-])ccc3c2=O)cc1. The van der Waals surface area contributed by atoms with Crippen LogP contribution in [0.2, 0.25) is 0 Å². The molecule has 1 N–H and O–H groups in total. The lowest BCUT2D eigenvalue weighted by Crippen LogP contribution is -3.10. The fourth-order valence-electron chi connectivity index (χ4n) is 4.29. The van der Waals surface area contributed by atoms with E-state index in [0.717, 1.165) is 55.7 Å². The van der Waals surface area contributed by atoms with Gasteiger partial charge < -0.3 is 19.2 Å². The number of quaternary nitrogens is 1. The van der Waals surface area contributed by atoms with Crippen molar-refractivity contribution in [1.82, 2.24) is 0 Å². The molecular formula is C25H26F3NO4. The molecule has 0 radical (unpaired) electrons. The van der Waals surface area contributed by atoms with Crippen LogP contribution in [0.5, 0.6) is 17.2 Å². The molecule has 2 aromatic carbocycles. The summed E-state index contributed by atoms with van der Waals surface area (Å²) in [6.07, 6.45) is -0.0577. The molecule has 3 aromatic rings. The van der Waals surface area contributed by atoms with Crippen molar-refractivity contribution in [3.05, 3.63) is 63.5 Å². The van der Waals surface area contributed by atoms with Gasteiger partial charge in [0.2, 0.25) is 11.2 Å². The van der Waals surface area contributed by atoms with Crippen LogP contribution in [0.25, 0.3) is 11.0 Å². The average molecular weight is 461 g/mol. The van der Waals surface area contributed by atoms with E-state index in [1.54, 1.807) is 12.1 Å². The predicted octanol–water partition coefficient (Wildman–Crippen LogP) is 4.20. The van der Waals surface area contributed by atoms with Crippen LogP contribution in [-0.2, 0) is 19.1 Å². The maximum atomic E-state index is 13.9. The molecule has 1 saturated heterocycles. The van der Waals surface area contributed by atoms with E-state index < -0.39 is 28.9 Å². The Hall–Kier alpha value is -3.00. The third-order valence-corrected chi connectivity index (χ3v) is 6.13. The number of hydrogen-bond donors (Lipinski definition) is 1. The van der Waals surface area contributed by atoms with Crippen LogP contribution in [0.4, 0.5) is 13.2 Å². The normalized spacial score (nSPS) is 15.5. The van der Waals surface area contributed by atoms with Gasteiger partial charge in [0.15, 0.2) is 0 Å². The van der Waals surface area contributed by atoms with Crippen LogP contribution in [0.1, 0.15) is 49.5 Å². The van der Waals surface area contributed by atoms with Gasteiger partial charge in [0.05, 0.1) is 18.5 Å². The first-order chi connectivity index (χ1) is 15.8. The summed E-state index contributed by atoms with van der Waals surface area (Å²) < 4.78 is 52.5. The lowest BCUT2D eigenvalue weighted by atomic mass is 10.1. The second-order valence-corrected chi connectivity index (χ2v) is 8.45. The molecule has 1 aliphatic rings. The molecule has 0 aliphatic carbocycles. The second-order valence-electron chi connectivity index (χ2n) is 8.45. The van der Waals surface area contributed by atoms with E-state index in [4.69, 9.17) is 9.15 Å². The van der Waals surface area contributed by atoms with Crippen molar-refractivity contribution in [1.29, 1.82) is 0 Å². The van der Waals surface area contributed by atoms with Crippen LogP contribution in [-0.4, -0.2) is 13.1 Å². The third kappa shape index (κ3) is 5.00. The quantitative estimate of drug-likeness (QED) is 0.619. The van der Waals surface area contributed by atoms with Crippen molar-refractivity contribution in [2.45, 2.75) is 51.7 Å². The number of halogens is 3. The first-order valence-electron chi connectivity index (χ1n) is 11.2.